The van der Waals surface area contributed by atoms with E-state index in [9.17, 15) is 14.4 Å². The molecule has 7 nitrogen and oxygen atoms in total. The molecule has 1 aromatic carbocycles. The van der Waals surface area contributed by atoms with Crippen molar-refractivity contribution in [2.24, 2.45) is 5.92 Å². The molecule has 3 aliphatic heterocycles. The minimum absolute atomic E-state index is 0.0227. The van der Waals surface area contributed by atoms with Crippen LogP contribution in [0.25, 0.3) is 0 Å². The first kappa shape index (κ1) is 26.3. The van der Waals surface area contributed by atoms with E-state index in [0.29, 0.717) is 18.0 Å². The number of nitrogens with zero attached hydrogens (tertiary/aromatic N) is 2. The van der Waals surface area contributed by atoms with Crippen molar-refractivity contribution in [2.45, 2.75) is 93.2 Å². The molecule has 2 amide bonds. The monoisotopic (exact) mass is 539 g/mol. The summed E-state index contributed by atoms with van der Waals surface area (Å²) in [5.41, 5.74) is 1.90. The third-order valence-electron chi connectivity index (χ3n) is 9.91. The number of carbonyl (C=O) groups excluding carboxylic acids is 3. The van der Waals surface area contributed by atoms with Crippen molar-refractivity contribution < 1.29 is 19.1 Å². The number of ketones is 1. The number of fused-ring (bicyclic) bond motifs is 1. The largest absolute Gasteiger partial charge is 0.367 e. The number of hydrogen-bond acceptors (Lipinski definition) is 6. The molecule has 0 bridgehead atoms. The lowest BCUT2D eigenvalue weighted by molar-refractivity contribution is -0.139. The minimum atomic E-state index is -0.602. The summed E-state index contributed by atoms with van der Waals surface area (Å²) >= 11 is 1.64. The van der Waals surface area contributed by atoms with Crippen molar-refractivity contribution in [2.75, 3.05) is 32.5 Å². The molecule has 3 saturated heterocycles. The van der Waals surface area contributed by atoms with Crippen molar-refractivity contribution in [1.82, 2.24) is 15.1 Å². The fourth-order valence-electron chi connectivity index (χ4n) is 7.38. The third kappa shape index (κ3) is 5.04. The molecular weight excluding hydrogens is 498 g/mol. The Hall–Kier alpha value is -1.90. The second-order valence-corrected chi connectivity index (χ2v) is 13.0. The number of benzene rings is 1. The highest BCUT2D eigenvalue weighted by Crippen LogP contribution is 2.37. The average molecular weight is 540 g/mol. The second kappa shape index (κ2) is 11.3. The summed E-state index contributed by atoms with van der Waals surface area (Å²) in [7, 11) is 0. The van der Waals surface area contributed by atoms with Crippen LogP contribution < -0.4 is 5.32 Å². The Morgan fingerprint density at radius 3 is 2.34 bits per heavy atom. The molecule has 6 rings (SSSR count). The zero-order chi connectivity index (χ0) is 26.2. The second-order valence-electron chi connectivity index (χ2n) is 12.0. The van der Waals surface area contributed by atoms with Gasteiger partial charge in [0.05, 0.1) is 11.4 Å². The maximum Gasteiger partial charge on any atom is 0.251 e. The van der Waals surface area contributed by atoms with Crippen molar-refractivity contribution in [3.63, 3.8) is 0 Å². The zero-order valence-corrected chi connectivity index (χ0v) is 23.3. The number of rotatable bonds is 7. The Kier molecular flexibility index (Phi) is 7.83. The van der Waals surface area contributed by atoms with E-state index >= 15 is 0 Å². The zero-order valence-electron chi connectivity index (χ0n) is 22.5. The van der Waals surface area contributed by atoms with Gasteiger partial charge in [-0.2, -0.15) is 11.8 Å². The summed E-state index contributed by atoms with van der Waals surface area (Å²) < 4.78 is 5.76. The molecule has 8 heteroatoms. The molecule has 1 aromatic rings. The summed E-state index contributed by atoms with van der Waals surface area (Å²) in [6.45, 7) is 2.91. The van der Waals surface area contributed by atoms with E-state index in [4.69, 9.17) is 4.74 Å². The number of ether oxygens (including phenoxy) is 1. The maximum absolute atomic E-state index is 13.9. The molecular formula is C30H41N3O4S. The molecule has 0 radical (unpaired) electrons. The van der Waals surface area contributed by atoms with Crippen molar-refractivity contribution >= 4 is 29.4 Å². The van der Waals surface area contributed by atoms with Crippen molar-refractivity contribution in [3.8, 4) is 0 Å². The van der Waals surface area contributed by atoms with Gasteiger partial charge in [0, 0.05) is 18.2 Å². The molecule has 4 atom stereocenters. The van der Waals surface area contributed by atoms with Crippen LogP contribution in [0.3, 0.4) is 0 Å². The number of nitrogens with one attached hydrogen (secondary N) is 1. The van der Waals surface area contributed by atoms with Gasteiger partial charge in [-0.1, -0.05) is 31.4 Å². The molecule has 3 heterocycles. The fraction of sp³-hybridized carbons (Fsp3) is 0.700. The highest BCUT2D eigenvalue weighted by Gasteiger charge is 2.53. The van der Waals surface area contributed by atoms with Crippen LogP contribution in [0.15, 0.2) is 24.3 Å². The van der Waals surface area contributed by atoms with E-state index in [1.165, 1.54) is 50.8 Å². The summed E-state index contributed by atoms with van der Waals surface area (Å²) in [6, 6.07) is 7.74. The Morgan fingerprint density at radius 1 is 1.00 bits per heavy atom. The lowest BCUT2D eigenvalue weighted by Crippen LogP contribution is -2.54. The van der Waals surface area contributed by atoms with Crippen LogP contribution in [0.2, 0.25) is 0 Å². The lowest BCUT2D eigenvalue weighted by Gasteiger charge is -2.42. The van der Waals surface area contributed by atoms with Crippen LogP contribution in [-0.2, 0) is 14.3 Å². The molecule has 2 aliphatic carbocycles. The van der Waals surface area contributed by atoms with Crippen molar-refractivity contribution in [3.05, 3.63) is 35.4 Å². The van der Waals surface area contributed by atoms with Gasteiger partial charge >= 0.3 is 0 Å². The Balaban J connectivity index is 1.12. The molecule has 38 heavy (non-hydrogen) atoms. The SMILES string of the molecule is CS[C@H]1CN(C(=O)[C@@H](NC(=O)c2ccc(C3CCN(C4CCC4)CC3)cc2)C2CCCC2)[C@@H]2C(=O)CO[C@H]12. The highest BCUT2D eigenvalue weighted by atomic mass is 32.2. The predicted molar refractivity (Wildman–Crippen MR) is 148 cm³/mol. The molecule has 5 fully saturated rings. The normalized spacial score (nSPS) is 29.9. The molecule has 0 unspecified atom stereocenters. The summed E-state index contributed by atoms with van der Waals surface area (Å²) in [6.07, 6.45) is 12.2. The standard InChI is InChI=1S/C30H41N3O4S/c1-38-25-17-33(27-24(34)18-37-28(25)27)30(36)26(21-5-2-3-6-21)31-29(35)22-11-9-19(10-12-22)20-13-15-32(16-14-20)23-7-4-8-23/h9-12,20-21,23,25-28H,2-8,13-18H2,1H3,(H,31,35)/t25-,26-,27+,28+/m0/s1. The first-order valence-corrected chi connectivity index (χ1v) is 15.9. The van der Waals surface area contributed by atoms with Crippen LogP contribution >= 0.6 is 11.8 Å². The quantitative estimate of drug-likeness (QED) is 0.570. The summed E-state index contributed by atoms with van der Waals surface area (Å²) in [5.74, 6) is 0.314. The van der Waals surface area contributed by atoms with Gasteiger partial charge < -0.3 is 19.9 Å². The highest BCUT2D eigenvalue weighted by molar-refractivity contribution is 7.99. The van der Waals surface area contributed by atoms with Gasteiger partial charge in [-0.25, -0.2) is 0 Å². The van der Waals surface area contributed by atoms with Crippen molar-refractivity contribution in [1.29, 1.82) is 0 Å². The molecule has 2 saturated carbocycles. The van der Waals surface area contributed by atoms with E-state index in [0.717, 1.165) is 31.7 Å². The number of Topliss-reactive ketones (excluding diaryl/α,β-unsaturated/α-hetero) is 1. The topological polar surface area (TPSA) is 79.0 Å². The molecule has 206 valence electrons. The number of thioether (sulfide) groups is 1. The van der Waals surface area contributed by atoms with Gasteiger partial charge in [-0.3, -0.25) is 14.4 Å². The van der Waals surface area contributed by atoms with E-state index in [1.54, 1.807) is 16.7 Å². The van der Waals surface area contributed by atoms with Crippen LogP contribution in [0, 0.1) is 5.92 Å². The lowest BCUT2D eigenvalue weighted by atomic mass is 9.85. The summed E-state index contributed by atoms with van der Waals surface area (Å²) in [4.78, 5) is 44.3. The summed E-state index contributed by atoms with van der Waals surface area (Å²) in [5, 5.41) is 3.20. The van der Waals surface area contributed by atoms with E-state index in [1.807, 2.05) is 18.4 Å². The van der Waals surface area contributed by atoms with Gasteiger partial charge in [-0.15, -0.1) is 0 Å². The van der Waals surface area contributed by atoms with Gasteiger partial charge in [0.2, 0.25) is 5.91 Å². The molecule has 0 aromatic heterocycles. The maximum atomic E-state index is 13.9. The number of piperidine rings is 1. The van der Waals surface area contributed by atoms with Gasteiger partial charge in [0.1, 0.15) is 18.7 Å². The van der Waals surface area contributed by atoms with Crippen LogP contribution in [-0.4, -0.2) is 89.4 Å². The Bertz CT molecular complexity index is 1030. The van der Waals surface area contributed by atoms with Gasteiger partial charge in [0.25, 0.3) is 5.91 Å². The van der Waals surface area contributed by atoms with Crippen LogP contribution in [0.4, 0.5) is 0 Å². The molecule has 0 spiro atoms. The fourth-order valence-corrected chi connectivity index (χ4v) is 8.18. The van der Waals surface area contributed by atoms with Crippen LogP contribution in [0.5, 0.6) is 0 Å². The number of amides is 2. The smallest absolute Gasteiger partial charge is 0.251 e. The first-order valence-electron chi connectivity index (χ1n) is 14.7. The van der Waals surface area contributed by atoms with Gasteiger partial charge in [-0.05, 0) is 87.4 Å². The Morgan fingerprint density at radius 2 is 1.71 bits per heavy atom. The van der Waals surface area contributed by atoms with Crippen LogP contribution in [0.1, 0.15) is 79.6 Å². The van der Waals surface area contributed by atoms with E-state index < -0.39 is 12.1 Å². The average Bonchev–Trinajstić information content (AvgIpc) is 3.65. The number of hydrogen-bond donors (Lipinski definition) is 1. The number of likely N-dealkylation sites (tertiary alicyclic amines) is 2. The molecule has 1 N–H and O–H groups in total. The molecule has 5 aliphatic rings. The Labute approximate surface area is 230 Å². The first-order chi connectivity index (χ1) is 18.5. The minimum Gasteiger partial charge on any atom is -0.367 e. The van der Waals surface area contributed by atoms with E-state index in [2.05, 4.69) is 22.3 Å². The van der Waals surface area contributed by atoms with Gasteiger partial charge in [0.15, 0.2) is 5.78 Å². The predicted octanol–water partition coefficient (Wildman–Crippen LogP) is 3.62. The number of carbonyl (C=O) groups is 3. The third-order valence-corrected chi connectivity index (χ3v) is 10.9. The van der Waals surface area contributed by atoms with E-state index in [-0.39, 0.29) is 41.5 Å².